The van der Waals surface area contributed by atoms with Crippen molar-refractivity contribution in [3.63, 3.8) is 0 Å². The van der Waals surface area contributed by atoms with Crippen LogP contribution in [0.4, 0.5) is 5.69 Å². The van der Waals surface area contributed by atoms with Crippen LogP contribution in [0.15, 0.2) is 52.0 Å². The van der Waals surface area contributed by atoms with Gasteiger partial charge in [-0.15, -0.1) is 0 Å². The van der Waals surface area contributed by atoms with Crippen molar-refractivity contribution in [1.82, 2.24) is 4.31 Å². The van der Waals surface area contributed by atoms with Gasteiger partial charge >= 0.3 is 5.97 Å². The SMILES string of the molecule is C[C@H]1C[C@H](C)CN(S(=O)(=O)c2ccc(NC(=O)COC(=O)c3ccco3)cc2)C1. The van der Waals surface area contributed by atoms with Crippen molar-refractivity contribution in [3.8, 4) is 0 Å². The summed E-state index contributed by atoms with van der Waals surface area (Å²) in [6.07, 6.45) is 2.35. The summed E-state index contributed by atoms with van der Waals surface area (Å²) in [4.78, 5) is 23.8. The number of nitrogens with one attached hydrogen (secondary N) is 1. The summed E-state index contributed by atoms with van der Waals surface area (Å²) in [6, 6.07) is 8.92. The van der Waals surface area contributed by atoms with Crippen molar-refractivity contribution in [2.24, 2.45) is 11.8 Å². The van der Waals surface area contributed by atoms with Gasteiger partial charge in [-0.3, -0.25) is 4.79 Å². The molecule has 0 unspecified atom stereocenters. The molecule has 3 rings (SSSR count). The molecule has 0 spiro atoms. The van der Waals surface area contributed by atoms with Crippen LogP contribution in [0.5, 0.6) is 0 Å². The number of sulfonamides is 1. The average molecular weight is 420 g/mol. The van der Waals surface area contributed by atoms with Crippen LogP contribution >= 0.6 is 0 Å². The molecular weight excluding hydrogens is 396 g/mol. The van der Waals surface area contributed by atoms with Gasteiger partial charge in [0.2, 0.25) is 15.8 Å². The summed E-state index contributed by atoms with van der Waals surface area (Å²) in [6.45, 7) is 4.63. The Morgan fingerprint density at radius 1 is 1.14 bits per heavy atom. The second-order valence-electron chi connectivity index (χ2n) is 7.39. The van der Waals surface area contributed by atoms with E-state index in [9.17, 15) is 18.0 Å². The Morgan fingerprint density at radius 2 is 1.79 bits per heavy atom. The van der Waals surface area contributed by atoms with E-state index < -0.39 is 28.5 Å². The van der Waals surface area contributed by atoms with Crippen molar-refractivity contribution in [2.45, 2.75) is 25.2 Å². The third-order valence-electron chi connectivity index (χ3n) is 4.67. The van der Waals surface area contributed by atoms with Crippen LogP contribution in [-0.2, 0) is 19.6 Å². The molecule has 156 valence electrons. The van der Waals surface area contributed by atoms with Gasteiger partial charge in [0.25, 0.3) is 5.91 Å². The molecule has 8 nitrogen and oxygen atoms in total. The Labute approximate surface area is 169 Å². The summed E-state index contributed by atoms with van der Waals surface area (Å²) >= 11 is 0. The zero-order chi connectivity index (χ0) is 21.0. The van der Waals surface area contributed by atoms with E-state index in [1.165, 1.54) is 47.0 Å². The molecule has 1 saturated heterocycles. The number of carbonyl (C=O) groups excluding carboxylic acids is 2. The van der Waals surface area contributed by atoms with Crippen molar-refractivity contribution >= 4 is 27.6 Å². The molecule has 29 heavy (non-hydrogen) atoms. The van der Waals surface area contributed by atoms with E-state index >= 15 is 0 Å². The van der Waals surface area contributed by atoms with E-state index in [0.29, 0.717) is 30.6 Å². The number of anilines is 1. The number of nitrogens with zero attached hydrogens (tertiary/aromatic N) is 1. The van der Waals surface area contributed by atoms with Gasteiger partial charge in [0, 0.05) is 18.8 Å². The molecule has 1 aromatic carbocycles. The number of ether oxygens (including phenoxy) is 1. The van der Waals surface area contributed by atoms with Gasteiger partial charge in [-0.2, -0.15) is 4.31 Å². The van der Waals surface area contributed by atoms with Gasteiger partial charge in [-0.1, -0.05) is 13.8 Å². The second-order valence-corrected chi connectivity index (χ2v) is 9.33. The normalized spacial score (nSPS) is 20.2. The average Bonchev–Trinajstić information content (AvgIpc) is 3.21. The Morgan fingerprint density at radius 3 is 2.38 bits per heavy atom. The Kier molecular flexibility index (Phi) is 6.39. The van der Waals surface area contributed by atoms with Gasteiger partial charge < -0.3 is 14.5 Å². The van der Waals surface area contributed by atoms with Crippen molar-refractivity contribution in [3.05, 3.63) is 48.4 Å². The molecule has 1 aromatic heterocycles. The van der Waals surface area contributed by atoms with Gasteiger partial charge in [-0.05, 0) is 54.7 Å². The topological polar surface area (TPSA) is 106 Å². The predicted molar refractivity (Wildman–Crippen MR) is 106 cm³/mol. The number of benzene rings is 1. The van der Waals surface area contributed by atoms with E-state index in [1.54, 1.807) is 0 Å². The molecule has 1 aliphatic heterocycles. The number of furan rings is 1. The molecule has 2 aromatic rings. The molecule has 1 aliphatic rings. The number of amides is 1. The maximum Gasteiger partial charge on any atom is 0.374 e. The number of esters is 1. The van der Waals surface area contributed by atoms with E-state index in [0.717, 1.165) is 6.42 Å². The number of rotatable bonds is 6. The van der Waals surface area contributed by atoms with Gasteiger partial charge in [0.05, 0.1) is 11.2 Å². The fourth-order valence-electron chi connectivity index (χ4n) is 3.46. The van der Waals surface area contributed by atoms with E-state index in [4.69, 9.17) is 9.15 Å². The summed E-state index contributed by atoms with van der Waals surface area (Å²) < 4.78 is 37.0. The van der Waals surface area contributed by atoms with Crippen molar-refractivity contribution in [2.75, 3.05) is 25.0 Å². The van der Waals surface area contributed by atoms with E-state index in [-0.39, 0.29) is 10.7 Å². The first-order valence-electron chi connectivity index (χ1n) is 9.36. The third kappa shape index (κ3) is 5.24. The Balaban J connectivity index is 1.58. The van der Waals surface area contributed by atoms with Crippen LogP contribution in [0.25, 0.3) is 0 Å². The molecule has 2 atom stereocenters. The van der Waals surface area contributed by atoms with Gasteiger partial charge in [0.1, 0.15) is 0 Å². The van der Waals surface area contributed by atoms with Crippen LogP contribution < -0.4 is 5.32 Å². The van der Waals surface area contributed by atoms with E-state index in [2.05, 4.69) is 19.2 Å². The van der Waals surface area contributed by atoms with Crippen molar-refractivity contribution < 1.29 is 27.2 Å². The minimum atomic E-state index is -3.58. The summed E-state index contributed by atoms with van der Waals surface area (Å²) in [5.74, 6) is -0.642. The lowest BCUT2D eigenvalue weighted by Gasteiger charge is -2.34. The first-order chi connectivity index (χ1) is 13.8. The number of piperidine rings is 1. The smallest absolute Gasteiger partial charge is 0.374 e. The van der Waals surface area contributed by atoms with Crippen LogP contribution in [0.3, 0.4) is 0 Å². The molecule has 1 N–H and O–H groups in total. The third-order valence-corrected chi connectivity index (χ3v) is 6.51. The maximum atomic E-state index is 12.9. The maximum absolute atomic E-state index is 12.9. The Hall–Kier alpha value is -2.65. The number of hydrogen-bond acceptors (Lipinski definition) is 6. The lowest BCUT2D eigenvalue weighted by molar-refractivity contribution is -0.119. The molecule has 0 radical (unpaired) electrons. The highest BCUT2D eigenvalue weighted by atomic mass is 32.2. The predicted octanol–water partition coefficient (Wildman–Crippen LogP) is 2.74. The van der Waals surface area contributed by atoms with Crippen molar-refractivity contribution in [1.29, 1.82) is 0 Å². The lowest BCUT2D eigenvalue weighted by Crippen LogP contribution is -2.42. The largest absolute Gasteiger partial charge is 0.457 e. The van der Waals surface area contributed by atoms with Gasteiger partial charge in [0.15, 0.2) is 6.61 Å². The minimum Gasteiger partial charge on any atom is -0.457 e. The monoisotopic (exact) mass is 420 g/mol. The Bertz CT molecular complexity index is 943. The molecule has 1 amide bonds. The first-order valence-corrected chi connectivity index (χ1v) is 10.8. The highest BCUT2D eigenvalue weighted by Gasteiger charge is 2.31. The molecular formula is C20H24N2O6S. The van der Waals surface area contributed by atoms with E-state index in [1.807, 2.05) is 0 Å². The zero-order valence-corrected chi connectivity index (χ0v) is 17.1. The quantitative estimate of drug-likeness (QED) is 0.721. The molecule has 1 fully saturated rings. The number of carbonyl (C=O) groups is 2. The van der Waals surface area contributed by atoms with Crippen LogP contribution in [-0.4, -0.2) is 44.3 Å². The zero-order valence-electron chi connectivity index (χ0n) is 16.3. The summed E-state index contributed by atoms with van der Waals surface area (Å²) in [5, 5.41) is 2.56. The van der Waals surface area contributed by atoms with Crippen LogP contribution in [0.2, 0.25) is 0 Å². The highest BCUT2D eigenvalue weighted by molar-refractivity contribution is 7.89. The highest BCUT2D eigenvalue weighted by Crippen LogP contribution is 2.27. The fraction of sp³-hybridized carbons (Fsp3) is 0.400. The molecule has 0 aliphatic carbocycles. The summed E-state index contributed by atoms with van der Waals surface area (Å²) in [7, 11) is -3.58. The molecule has 0 saturated carbocycles. The van der Waals surface area contributed by atoms with Crippen LogP contribution in [0.1, 0.15) is 30.8 Å². The standard InChI is InChI=1S/C20H24N2O6S/c1-14-10-15(2)12-22(11-14)29(25,26)17-7-5-16(6-8-17)21-19(23)13-28-20(24)18-4-3-9-27-18/h3-9,14-15H,10-13H2,1-2H3,(H,21,23)/t14-,15-/m0/s1. The summed E-state index contributed by atoms with van der Waals surface area (Å²) in [5.41, 5.74) is 0.406. The van der Waals surface area contributed by atoms with Gasteiger partial charge in [-0.25, -0.2) is 13.2 Å². The number of hydrogen-bond donors (Lipinski definition) is 1. The molecule has 2 heterocycles. The fourth-order valence-corrected chi connectivity index (χ4v) is 5.13. The second kappa shape index (κ2) is 8.79. The first kappa shape index (κ1) is 21.1. The molecule has 0 bridgehead atoms. The van der Waals surface area contributed by atoms with Crippen LogP contribution in [0, 0.1) is 11.8 Å². The minimum absolute atomic E-state index is 0.00806. The molecule has 9 heteroatoms. The lowest BCUT2D eigenvalue weighted by atomic mass is 9.94.